The first-order valence-electron chi connectivity index (χ1n) is 9.70. The van der Waals surface area contributed by atoms with Crippen molar-refractivity contribution < 1.29 is 26.4 Å². The fraction of sp³-hybridized carbons (Fsp3) is 0.174. The van der Waals surface area contributed by atoms with Gasteiger partial charge in [-0.2, -0.15) is 13.2 Å². The highest BCUT2D eigenvalue weighted by Gasteiger charge is 2.33. The SMILES string of the molecule is Cc1ccc(S(=O)(=O)N(CC(=O)Nc2ccc(Br)c(C)c2)c2cccc(C(F)(F)F)c2)cc1. The predicted molar refractivity (Wildman–Crippen MR) is 125 cm³/mol. The van der Waals surface area contributed by atoms with Gasteiger partial charge in [-0.25, -0.2) is 8.42 Å². The van der Waals surface area contributed by atoms with Gasteiger partial charge >= 0.3 is 6.18 Å². The van der Waals surface area contributed by atoms with E-state index < -0.39 is 34.2 Å². The summed E-state index contributed by atoms with van der Waals surface area (Å²) in [7, 11) is -4.34. The van der Waals surface area contributed by atoms with Crippen LogP contribution in [-0.4, -0.2) is 20.9 Å². The predicted octanol–water partition coefficient (Wildman–Crippen LogP) is 5.92. The van der Waals surface area contributed by atoms with Gasteiger partial charge in [0.25, 0.3) is 10.0 Å². The van der Waals surface area contributed by atoms with Crippen molar-refractivity contribution in [2.75, 3.05) is 16.2 Å². The molecule has 1 amide bonds. The van der Waals surface area contributed by atoms with Crippen LogP contribution in [0.15, 0.2) is 76.1 Å². The van der Waals surface area contributed by atoms with Gasteiger partial charge in [0, 0.05) is 10.2 Å². The number of nitrogens with one attached hydrogen (secondary N) is 1. The molecule has 0 fully saturated rings. The molecule has 0 aliphatic carbocycles. The van der Waals surface area contributed by atoms with Crippen LogP contribution in [0.3, 0.4) is 0 Å². The molecule has 3 rings (SSSR count). The van der Waals surface area contributed by atoms with Crippen LogP contribution in [0.5, 0.6) is 0 Å². The van der Waals surface area contributed by atoms with E-state index in [0.717, 1.165) is 27.7 Å². The number of hydrogen-bond acceptors (Lipinski definition) is 3. The summed E-state index contributed by atoms with van der Waals surface area (Å²) in [6.45, 7) is 2.87. The molecule has 0 saturated carbocycles. The fourth-order valence-corrected chi connectivity index (χ4v) is 4.70. The largest absolute Gasteiger partial charge is 0.416 e. The van der Waals surface area contributed by atoms with Crippen LogP contribution in [-0.2, 0) is 21.0 Å². The zero-order valence-electron chi connectivity index (χ0n) is 17.7. The molecule has 33 heavy (non-hydrogen) atoms. The van der Waals surface area contributed by atoms with Crippen molar-refractivity contribution in [2.24, 2.45) is 0 Å². The van der Waals surface area contributed by atoms with Crippen LogP contribution >= 0.6 is 15.9 Å². The van der Waals surface area contributed by atoms with Crippen LogP contribution in [0.4, 0.5) is 24.5 Å². The van der Waals surface area contributed by atoms with E-state index >= 15 is 0 Å². The van der Waals surface area contributed by atoms with Crippen molar-refractivity contribution in [2.45, 2.75) is 24.9 Å². The maximum atomic E-state index is 13.4. The summed E-state index contributed by atoms with van der Waals surface area (Å²) in [4.78, 5) is 12.6. The molecule has 0 unspecified atom stereocenters. The molecule has 0 aromatic heterocycles. The maximum absolute atomic E-state index is 13.4. The molecular formula is C23H20BrF3N2O3S. The van der Waals surface area contributed by atoms with Crippen molar-refractivity contribution in [3.63, 3.8) is 0 Å². The highest BCUT2D eigenvalue weighted by molar-refractivity contribution is 9.10. The molecule has 0 spiro atoms. The van der Waals surface area contributed by atoms with E-state index in [1.807, 2.05) is 6.92 Å². The number of anilines is 2. The number of carbonyl (C=O) groups excluding carboxylic acids is 1. The monoisotopic (exact) mass is 540 g/mol. The Kier molecular flexibility index (Phi) is 7.18. The van der Waals surface area contributed by atoms with Gasteiger partial charge in [0.05, 0.1) is 16.1 Å². The van der Waals surface area contributed by atoms with Crippen molar-refractivity contribution in [3.8, 4) is 0 Å². The lowest BCUT2D eigenvalue weighted by Gasteiger charge is -2.25. The molecule has 0 heterocycles. The molecule has 0 aliphatic rings. The summed E-state index contributed by atoms with van der Waals surface area (Å²) in [5, 5.41) is 2.60. The summed E-state index contributed by atoms with van der Waals surface area (Å²) in [5.74, 6) is -0.704. The van der Waals surface area contributed by atoms with Crippen LogP contribution in [0.1, 0.15) is 16.7 Å². The average Bonchev–Trinajstić information content (AvgIpc) is 2.74. The third-order valence-corrected chi connectivity index (χ3v) is 7.48. The number of sulfonamides is 1. The van der Waals surface area contributed by atoms with Crippen LogP contribution in [0.2, 0.25) is 0 Å². The summed E-state index contributed by atoms with van der Waals surface area (Å²) in [6.07, 6.45) is -4.67. The van der Waals surface area contributed by atoms with Gasteiger partial charge in [0.1, 0.15) is 6.54 Å². The van der Waals surface area contributed by atoms with Crippen molar-refractivity contribution >= 4 is 43.2 Å². The van der Waals surface area contributed by atoms with E-state index in [0.29, 0.717) is 16.1 Å². The lowest BCUT2D eigenvalue weighted by molar-refractivity contribution is -0.137. The minimum Gasteiger partial charge on any atom is -0.325 e. The quantitative estimate of drug-likeness (QED) is 0.422. The van der Waals surface area contributed by atoms with Crippen molar-refractivity contribution in [3.05, 3.63) is 87.9 Å². The Morgan fingerprint density at radius 2 is 1.67 bits per heavy atom. The Balaban J connectivity index is 2.00. The number of nitrogens with zero attached hydrogens (tertiary/aromatic N) is 1. The second-order valence-corrected chi connectivity index (χ2v) is 10.1. The highest BCUT2D eigenvalue weighted by atomic mass is 79.9. The molecule has 0 atom stereocenters. The van der Waals surface area contributed by atoms with Gasteiger partial charge < -0.3 is 5.32 Å². The topological polar surface area (TPSA) is 66.5 Å². The van der Waals surface area contributed by atoms with E-state index in [9.17, 15) is 26.4 Å². The Bertz CT molecular complexity index is 1280. The van der Waals surface area contributed by atoms with E-state index in [4.69, 9.17) is 0 Å². The van der Waals surface area contributed by atoms with Gasteiger partial charge in [-0.1, -0.05) is 39.7 Å². The number of hydrogen-bond donors (Lipinski definition) is 1. The lowest BCUT2D eigenvalue weighted by Crippen LogP contribution is -2.38. The molecule has 10 heteroatoms. The first-order valence-corrected chi connectivity index (χ1v) is 11.9. The Morgan fingerprint density at radius 3 is 2.27 bits per heavy atom. The summed E-state index contributed by atoms with van der Waals surface area (Å²) >= 11 is 3.35. The maximum Gasteiger partial charge on any atom is 0.416 e. The van der Waals surface area contributed by atoms with Crippen LogP contribution in [0.25, 0.3) is 0 Å². The molecule has 174 valence electrons. The average molecular weight is 541 g/mol. The van der Waals surface area contributed by atoms with Crippen LogP contribution < -0.4 is 9.62 Å². The molecular weight excluding hydrogens is 521 g/mol. The number of rotatable bonds is 6. The first kappa shape index (κ1) is 24.8. The fourth-order valence-electron chi connectivity index (χ4n) is 3.04. The molecule has 0 radical (unpaired) electrons. The van der Waals surface area contributed by atoms with Crippen molar-refractivity contribution in [1.29, 1.82) is 0 Å². The summed E-state index contributed by atoms with van der Waals surface area (Å²) in [5.41, 5.74) is 0.788. The Morgan fingerprint density at radius 1 is 1.00 bits per heavy atom. The second kappa shape index (κ2) is 9.56. The van der Waals surface area contributed by atoms with E-state index in [-0.39, 0.29) is 10.6 Å². The Hall–Kier alpha value is -2.85. The van der Waals surface area contributed by atoms with E-state index in [2.05, 4.69) is 21.2 Å². The molecule has 3 aromatic carbocycles. The summed E-state index contributed by atoms with van der Waals surface area (Å²) < 4.78 is 68.0. The van der Waals surface area contributed by atoms with Gasteiger partial charge in [-0.05, 0) is 67.9 Å². The molecule has 5 nitrogen and oxygen atoms in total. The Labute approximate surface area is 198 Å². The molecule has 0 aliphatic heterocycles. The molecule has 0 saturated heterocycles. The number of halogens is 4. The number of alkyl halides is 3. The standard InChI is InChI=1S/C23H20BrF3N2O3S/c1-15-6-9-20(10-7-15)33(31,32)29(19-5-3-4-17(13-19)23(25,26)27)14-22(30)28-18-8-11-21(24)16(2)12-18/h3-13H,14H2,1-2H3,(H,28,30). The number of benzene rings is 3. The number of amides is 1. The first-order chi connectivity index (χ1) is 15.4. The van der Waals surface area contributed by atoms with Gasteiger partial charge in [-0.15, -0.1) is 0 Å². The van der Waals surface area contributed by atoms with Crippen LogP contribution in [0, 0.1) is 13.8 Å². The van der Waals surface area contributed by atoms with Gasteiger partial charge in [-0.3, -0.25) is 9.10 Å². The van der Waals surface area contributed by atoms with Gasteiger partial charge in [0.2, 0.25) is 5.91 Å². The zero-order valence-corrected chi connectivity index (χ0v) is 20.1. The zero-order chi connectivity index (χ0) is 24.4. The highest BCUT2D eigenvalue weighted by Crippen LogP contribution is 2.33. The van der Waals surface area contributed by atoms with Gasteiger partial charge in [0.15, 0.2) is 0 Å². The second-order valence-electron chi connectivity index (χ2n) is 7.38. The molecule has 0 bridgehead atoms. The smallest absolute Gasteiger partial charge is 0.325 e. The molecule has 3 aromatic rings. The van der Waals surface area contributed by atoms with Crippen molar-refractivity contribution in [1.82, 2.24) is 0 Å². The summed E-state index contributed by atoms with van der Waals surface area (Å²) in [6, 6.07) is 14.7. The van der Waals surface area contributed by atoms with E-state index in [1.54, 1.807) is 37.3 Å². The molecule has 1 N–H and O–H groups in total. The number of carbonyl (C=O) groups is 1. The third-order valence-electron chi connectivity index (χ3n) is 4.80. The third kappa shape index (κ3) is 5.94. The minimum atomic E-state index is -4.67. The minimum absolute atomic E-state index is 0.141. The normalized spacial score (nSPS) is 11.8. The van der Waals surface area contributed by atoms with E-state index in [1.165, 1.54) is 18.2 Å². The number of aryl methyl sites for hydroxylation is 2. The lowest BCUT2D eigenvalue weighted by atomic mass is 10.2.